The third kappa shape index (κ3) is 2.70. The van der Waals surface area contributed by atoms with Crippen LogP contribution in [-0.2, 0) is 0 Å². The van der Waals surface area contributed by atoms with E-state index in [0.29, 0.717) is 17.0 Å². The monoisotopic (exact) mass is 340 g/mol. The maximum Gasteiger partial charge on any atom is 0.272 e. The van der Waals surface area contributed by atoms with Crippen molar-refractivity contribution in [3.8, 4) is 0 Å². The summed E-state index contributed by atoms with van der Waals surface area (Å²) in [5, 5.41) is 11.6. The van der Waals surface area contributed by atoms with Crippen LogP contribution in [0.4, 0.5) is 5.69 Å². The molecular formula is C14H17BrN2O3. The molecule has 2 atom stereocenters. The van der Waals surface area contributed by atoms with Crippen LogP contribution in [0.25, 0.3) is 0 Å². The number of benzene rings is 1. The molecule has 0 radical (unpaired) electrons. The predicted octanol–water partition coefficient (Wildman–Crippen LogP) is 3.15. The average molecular weight is 341 g/mol. The molecule has 0 aromatic heterocycles. The van der Waals surface area contributed by atoms with Gasteiger partial charge in [-0.2, -0.15) is 0 Å². The van der Waals surface area contributed by atoms with Gasteiger partial charge in [-0.1, -0.05) is 22.9 Å². The number of likely N-dealkylation sites (tertiary alicyclic amines) is 1. The van der Waals surface area contributed by atoms with Crippen molar-refractivity contribution in [2.75, 3.05) is 11.9 Å². The first-order valence-corrected chi connectivity index (χ1v) is 7.69. The molecule has 1 aromatic rings. The second kappa shape index (κ2) is 5.91. The van der Waals surface area contributed by atoms with Crippen LogP contribution in [0.1, 0.15) is 29.3 Å². The van der Waals surface area contributed by atoms with Gasteiger partial charge in [0.05, 0.1) is 4.92 Å². The van der Waals surface area contributed by atoms with E-state index >= 15 is 0 Å². The van der Waals surface area contributed by atoms with E-state index in [2.05, 4.69) is 22.9 Å². The predicted molar refractivity (Wildman–Crippen MR) is 80.2 cm³/mol. The van der Waals surface area contributed by atoms with Crippen molar-refractivity contribution in [1.82, 2.24) is 4.90 Å². The van der Waals surface area contributed by atoms with E-state index in [9.17, 15) is 14.9 Å². The van der Waals surface area contributed by atoms with Gasteiger partial charge in [0.25, 0.3) is 11.6 Å². The summed E-state index contributed by atoms with van der Waals surface area (Å²) in [4.78, 5) is 24.8. The number of carbonyl (C=O) groups is 1. The van der Waals surface area contributed by atoms with Crippen LogP contribution in [0.3, 0.4) is 0 Å². The highest BCUT2D eigenvalue weighted by Crippen LogP contribution is 2.28. The Labute approximate surface area is 126 Å². The fraction of sp³-hybridized carbons (Fsp3) is 0.500. The number of aryl methyl sites for hydroxylation is 1. The van der Waals surface area contributed by atoms with Gasteiger partial charge in [0.2, 0.25) is 0 Å². The molecule has 20 heavy (non-hydrogen) atoms. The number of hydrogen-bond acceptors (Lipinski definition) is 3. The number of halogens is 1. The molecule has 5 nitrogen and oxygen atoms in total. The van der Waals surface area contributed by atoms with E-state index in [-0.39, 0.29) is 17.6 Å². The first-order chi connectivity index (χ1) is 9.45. The molecule has 0 aliphatic carbocycles. The zero-order chi connectivity index (χ0) is 14.9. The Morgan fingerprint density at radius 1 is 1.55 bits per heavy atom. The molecule has 1 saturated heterocycles. The first-order valence-electron chi connectivity index (χ1n) is 6.57. The van der Waals surface area contributed by atoms with Crippen molar-refractivity contribution < 1.29 is 9.72 Å². The summed E-state index contributed by atoms with van der Waals surface area (Å²) in [6.45, 7) is 4.54. The number of nitro groups is 1. The molecule has 108 valence electrons. The molecule has 1 fully saturated rings. The van der Waals surface area contributed by atoms with Crippen LogP contribution in [0, 0.1) is 23.0 Å². The molecular weight excluding hydrogens is 324 g/mol. The molecule has 1 aliphatic heterocycles. The summed E-state index contributed by atoms with van der Waals surface area (Å²) in [5.41, 5.74) is 1.09. The number of rotatable bonds is 3. The van der Waals surface area contributed by atoms with E-state index in [1.807, 2.05) is 4.90 Å². The third-order valence-electron chi connectivity index (χ3n) is 3.94. The standard InChI is InChI=1S/C14H17BrN2O3/c1-9-5-6-16(13(9)8-15)14(18)11-3-4-12(17(19)20)10(2)7-11/h3-4,7,9,13H,5-6,8H2,1-2H3. The van der Waals surface area contributed by atoms with Crippen molar-refractivity contribution in [2.45, 2.75) is 26.3 Å². The van der Waals surface area contributed by atoms with Gasteiger partial charge in [0, 0.05) is 35.1 Å². The maximum atomic E-state index is 12.5. The summed E-state index contributed by atoms with van der Waals surface area (Å²) < 4.78 is 0. The summed E-state index contributed by atoms with van der Waals surface area (Å²) in [5.74, 6) is 0.425. The SMILES string of the molecule is Cc1cc(C(=O)N2CCC(C)C2CBr)ccc1[N+](=O)[O-]. The Kier molecular flexibility index (Phi) is 4.42. The molecule has 1 amide bonds. The minimum atomic E-state index is -0.428. The largest absolute Gasteiger partial charge is 0.335 e. The highest BCUT2D eigenvalue weighted by molar-refractivity contribution is 9.09. The van der Waals surface area contributed by atoms with E-state index in [1.165, 1.54) is 6.07 Å². The molecule has 1 aliphatic rings. The number of nitro benzene ring substituents is 1. The lowest BCUT2D eigenvalue weighted by atomic mass is 10.0. The molecule has 0 bridgehead atoms. The molecule has 1 heterocycles. The molecule has 0 saturated carbocycles. The Hall–Kier alpha value is -1.43. The smallest absolute Gasteiger partial charge is 0.272 e. The van der Waals surface area contributed by atoms with Gasteiger partial charge < -0.3 is 4.90 Å². The quantitative estimate of drug-likeness (QED) is 0.482. The van der Waals surface area contributed by atoms with Crippen LogP contribution in [0.15, 0.2) is 18.2 Å². The Morgan fingerprint density at radius 3 is 2.80 bits per heavy atom. The fourth-order valence-electron chi connectivity index (χ4n) is 2.65. The Balaban J connectivity index is 2.26. The summed E-state index contributed by atoms with van der Waals surface area (Å²) in [6.07, 6.45) is 0.994. The third-order valence-corrected chi connectivity index (χ3v) is 4.61. The van der Waals surface area contributed by atoms with Crippen molar-refractivity contribution >= 4 is 27.5 Å². The van der Waals surface area contributed by atoms with Crippen LogP contribution in [-0.4, -0.2) is 33.6 Å². The second-order valence-corrected chi connectivity index (χ2v) is 5.89. The lowest BCUT2D eigenvalue weighted by Crippen LogP contribution is -2.38. The lowest BCUT2D eigenvalue weighted by Gasteiger charge is -2.25. The number of amides is 1. The van der Waals surface area contributed by atoms with E-state index < -0.39 is 4.92 Å². The van der Waals surface area contributed by atoms with Gasteiger partial charge in [-0.05, 0) is 31.4 Å². The van der Waals surface area contributed by atoms with E-state index in [0.717, 1.165) is 18.3 Å². The second-order valence-electron chi connectivity index (χ2n) is 5.24. The van der Waals surface area contributed by atoms with Gasteiger partial charge in [0.1, 0.15) is 0 Å². The molecule has 0 spiro atoms. The molecule has 2 rings (SSSR count). The normalized spacial score (nSPS) is 22.1. The fourth-order valence-corrected chi connectivity index (χ4v) is 3.64. The number of carbonyl (C=O) groups excluding carboxylic acids is 1. The molecule has 0 N–H and O–H groups in total. The zero-order valence-corrected chi connectivity index (χ0v) is 13.1. The topological polar surface area (TPSA) is 63.5 Å². The highest BCUT2D eigenvalue weighted by Gasteiger charge is 2.34. The molecule has 1 aromatic carbocycles. The minimum Gasteiger partial charge on any atom is -0.335 e. The van der Waals surface area contributed by atoms with Crippen LogP contribution < -0.4 is 0 Å². The van der Waals surface area contributed by atoms with Gasteiger partial charge in [-0.3, -0.25) is 14.9 Å². The number of nitrogens with zero attached hydrogens (tertiary/aromatic N) is 2. The van der Waals surface area contributed by atoms with Crippen molar-refractivity contribution in [3.05, 3.63) is 39.4 Å². The van der Waals surface area contributed by atoms with Gasteiger partial charge in [-0.15, -0.1) is 0 Å². The van der Waals surface area contributed by atoms with Crippen molar-refractivity contribution in [1.29, 1.82) is 0 Å². The van der Waals surface area contributed by atoms with Crippen LogP contribution >= 0.6 is 15.9 Å². The zero-order valence-electron chi connectivity index (χ0n) is 11.5. The van der Waals surface area contributed by atoms with Crippen molar-refractivity contribution in [3.63, 3.8) is 0 Å². The van der Waals surface area contributed by atoms with Gasteiger partial charge in [0.15, 0.2) is 0 Å². The van der Waals surface area contributed by atoms with Gasteiger partial charge >= 0.3 is 0 Å². The number of hydrogen-bond donors (Lipinski definition) is 0. The molecule has 6 heteroatoms. The minimum absolute atomic E-state index is 0.0446. The summed E-state index contributed by atoms with van der Waals surface area (Å²) in [7, 11) is 0. The van der Waals surface area contributed by atoms with Crippen LogP contribution in [0.2, 0.25) is 0 Å². The Bertz CT molecular complexity index is 547. The lowest BCUT2D eigenvalue weighted by molar-refractivity contribution is -0.385. The highest BCUT2D eigenvalue weighted by atomic mass is 79.9. The van der Waals surface area contributed by atoms with E-state index in [4.69, 9.17) is 0 Å². The van der Waals surface area contributed by atoms with Gasteiger partial charge in [-0.25, -0.2) is 0 Å². The van der Waals surface area contributed by atoms with Crippen LogP contribution in [0.5, 0.6) is 0 Å². The number of alkyl halides is 1. The maximum absolute atomic E-state index is 12.5. The molecule has 2 unspecified atom stereocenters. The Morgan fingerprint density at radius 2 is 2.25 bits per heavy atom. The summed E-state index contributed by atoms with van der Waals surface area (Å²) >= 11 is 3.46. The first kappa shape index (κ1) is 15.0. The summed E-state index contributed by atoms with van der Waals surface area (Å²) in [6, 6.07) is 4.75. The van der Waals surface area contributed by atoms with Crippen molar-refractivity contribution in [2.24, 2.45) is 5.92 Å². The van der Waals surface area contributed by atoms with E-state index in [1.54, 1.807) is 19.1 Å². The average Bonchev–Trinajstić information content (AvgIpc) is 2.78.